The predicted octanol–water partition coefficient (Wildman–Crippen LogP) is 6.32. The summed E-state index contributed by atoms with van der Waals surface area (Å²) in [4.78, 5) is 0.187. The van der Waals surface area contributed by atoms with Crippen LogP contribution in [0.15, 0.2) is 47.4 Å². The molecule has 0 heterocycles. The van der Waals surface area contributed by atoms with Gasteiger partial charge in [-0.1, -0.05) is 64.1 Å². The van der Waals surface area contributed by atoms with Gasteiger partial charge in [0.05, 0.1) is 11.5 Å². The smallest absolute Gasteiger partial charge is 0.267 e. The Kier molecular flexibility index (Phi) is 5.81. The van der Waals surface area contributed by atoms with E-state index < -0.39 is 10.1 Å². The minimum absolute atomic E-state index is 0.134. The van der Waals surface area contributed by atoms with Gasteiger partial charge in [0.1, 0.15) is 0 Å². The third-order valence-corrected chi connectivity index (χ3v) is 7.53. The first-order valence-corrected chi connectivity index (χ1v) is 11.7. The molecule has 156 valence electrons. The third kappa shape index (κ3) is 4.49. The van der Waals surface area contributed by atoms with Crippen molar-refractivity contribution in [3.63, 3.8) is 0 Å². The zero-order chi connectivity index (χ0) is 21.4. The molecule has 1 aliphatic rings. The van der Waals surface area contributed by atoms with Gasteiger partial charge in [0.15, 0.2) is 0 Å². The Bertz CT molecular complexity index is 1030. The van der Waals surface area contributed by atoms with Crippen molar-refractivity contribution >= 4 is 21.8 Å². The maximum Gasteiger partial charge on any atom is 0.296 e. The fraction of sp³-hybridized carbons (Fsp3) is 0.440. The molecule has 4 heteroatoms. The van der Waals surface area contributed by atoms with Crippen molar-refractivity contribution in [3.8, 4) is 0 Å². The highest BCUT2D eigenvalue weighted by atomic mass is 32.2. The molecule has 0 radical (unpaired) electrons. The predicted molar refractivity (Wildman–Crippen MR) is 121 cm³/mol. The molecule has 3 nitrogen and oxygen atoms in total. The van der Waals surface area contributed by atoms with Crippen LogP contribution in [0.2, 0.25) is 0 Å². The summed E-state index contributed by atoms with van der Waals surface area (Å²) in [6, 6.07) is 13.7. The van der Waals surface area contributed by atoms with Crippen molar-refractivity contribution in [2.45, 2.75) is 70.1 Å². The normalized spacial score (nSPS) is 18.3. The average Bonchev–Trinajstić information content (AvgIpc) is 2.66. The van der Waals surface area contributed by atoms with Crippen LogP contribution < -0.4 is 0 Å². The molecule has 0 N–H and O–H groups in total. The van der Waals surface area contributed by atoms with Gasteiger partial charge in [0.25, 0.3) is 10.1 Å². The zero-order valence-electron chi connectivity index (χ0n) is 18.4. The van der Waals surface area contributed by atoms with Crippen LogP contribution in [0.25, 0.3) is 11.6 Å². The summed E-state index contributed by atoms with van der Waals surface area (Å²) in [5.41, 5.74) is 6.62. The van der Waals surface area contributed by atoms with Gasteiger partial charge in [-0.3, -0.25) is 4.18 Å². The van der Waals surface area contributed by atoms with Crippen LogP contribution in [0.4, 0.5) is 0 Å². The van der Waals surface area contributed by atoms with Gasteiger partial charge in [-0.2, -0.15) is 8.42 Å². The van der Waals surface area contributed by atoms with Crippen molar-refractivity contribution in [3.05, 3.63) is 64.7 Å². The molecule has 3 rings (SSSR count). The monoisotopic (exact) mass is 412 g/mol. The van der Waals surface area contributed by atoms with Crippen molar-refractivity contribution in [1.82, 2.24) is 0 Å². The summed E-state index contributed by atoms with van der Waals surface area (Å²) in [5.74, 6) is 0. The van der Waals surface area contributed by atoms with Crippen LogP contribution in [0.1, 0.15) is 76.6 Å². The van der Waals surface area contributed by atoms with Crippen molar-refractivity contribution in [2.24, 2.45) is 0 Å². The highest BCUT2D eigenvalue weighted by Crippen LogP contribution is 2.46. The van der Waals surface area contributed by atoms with E-state index in [9.17, 15) is 8.42 Å². The molecular weight excluding hydrogens is 380 g/mol. The van der Waals surface area contributed by atoms with E-state index in [0.717, 1.165) is 11.1 Å². The molecule has 2 aromatic rings. The van der Waals surface area contributed by atoms with Gasteiger partial charge in [-0.05, 0) is 77.5 Å². The van der Waals surface area contributed by atoms with Gasteiger partial charge in [0.2, 0.25) is 0 Å². The van der Waals surface area contributed by atoms with E-state index in [1.165, 1.54) is 29.5 Å². The topological polar surface area (TPSA) is 43.4 Å². The van der Waals surface area contributed by atoms with Crippen molar-refractivity contribution in [2.75, 3.05) is 6.61 Å². The molecule has 0 fully saturated rings. The first-order chi connectivity index (χ1) is 13.5. The quantitative estimate of drug-likeness (QED) is 0.426. The van der Waals surface area contributed by atoms with E-state index in [1.54, 1.807) is 19.1 Å². The molecule has 0 amide bonds. The Morgan fingerprint density at radius 3 is 2.14 bits per heavy atom. The fourth-order valence-corrected chi connectivity index (χ4v) is 5.04. The second-order valence-electron chi connectivity index (χ2n) is 9.29. The minimum Gasteiger partial charge on any atom is -0.267 e. The van der Waals surface area contributed by atoms with E-state index in [2.05, 4.69) is 58.9 Å². The summed E-state index contributed by atoms with van der Waals surface area (Å²) >= 11 is 0. The van der Waals surface area contributed by atoms with Gasteiger partial charge < -0.3 is 0 Å². The lowest BCUT2D eigenvalue weighted by Crippen LogP contribution is -2.33. The van der Waals surface area contributed by atoms with E-state index in [0.29, 0.717) is 0 Å². The molecule has 0 spiro atoms. The SMILES string of the molecule is CCOS(=O)(=O)c1ccc(/C=C(\C)c2ccc3c(c2)C(C)(C)CCC3(C)C)cc1. The highest BCUT2D eigenvalue weighted by molar-refractivity contribution is 7.86. The molecule has 29 heavy (non-hydrogen) atoms. The number of hydrogen-bond acceptors (Lipinski definition) is 3. The van der Waals surface area contributed by atoms with Gasteiger partial charge in [-0.15, -0.1) is 0 Å². The van der Waals surface area contributed by atoms with Gasteiger partial charge >= 0.3 is 0 Å². The van der Waals surface area contributed by atoms with Gasteiger partial charge in [-0.25, -0.2) is 0 Å². The van der Waals surface area contributed by atoms with Crippen molar-refractivity contribution in [1.29, 1.82) is 0 Å². The Morgan fingerprint density at radius 1 is 0.966 bits per heavy atom. The molecule has 0 atom stereocenters. The second-order valence-corrected chi connectivity index (χ2v) is 10.9. The highest BCUT2D eigenvalue weighted by Gasteiger charge is 2.36. The summed E-state index contributed by atoms with van der Waals surface area (Å²) in [5, 5.41) is 0. The van der Waals surface area contributed by atoms with E-state index in [1.807, 2.05) is 12.1 Å². The lowest BCUT2D eigenvalue weighted by atomic mass is 9.63. The molecule has 0 saturated carbocycles. The van der Waals surface area contributed by atoms with Crippen molar-refractivity contribution < 1.29 is 12.6 Å². The summed E-state index contributed by atoms with van der Waals surface area (Å²) in [6.45, 7) is 13.2. The summed E-state index contributed by atoms with van der Waals surface area (Å²) in [6.07, 6.45) is 4.49. The number of benzene rings is 2. The molecule has 0 saturated heterocycles. The largest absolute Gasteiger partial charge is 0.296 e. The van der Waals surface area contributed by atoms with Crippen LogP contribution in [0, 0.1) is 0 Å². The lowest BCUT2D eigenvalue weighted by Gasteiger charge is -2.42. The van der Waals surface area contributed by atoms with Crippen LogP contribution in [0.3, 0.4) is 0 Å². The Hall–Kier alpha value is -1.91. The first kappa shape index (κ1) is 21.8. The Balaban J connectivity index is 1.93. The Morgan fingerprint density at radius 2 is 1.55 bits per heavy atom. The molecule has 0 unspecified atom stereocenters. The summed E-state index contributed by atoms with van der Waals surface area (Å²) in [7, 11) is -3.66. The molecule has 2 aromatic carbocycles. The van der Waals surface area contributed by atoms with E-state index in [4.69, 9.17) is 4.18 Å². The molecule has 1 aliphatic carbocycles. The maximum absolute atomic E-state index is 12.0. The van der Waals surface area contributed by atoms with E-state index >= 15 is 0 Å². The molecule has 0 aromatic heterocycles. The number of fused-ring (bicyclic) bond motifs is 1. The first-order valence-electron chi connectivity index (χ1n) is 10.3. The van der Waals surface area contributed by atoms with Crippen LogP contribution in [-0.4, -0.2) is 15.0 Å². The number of rotatable bonds is 5. The fourth-order valence-electron chi connectivity index (χ4n) is 4.12. The van der Waals surface area contributed by atoms with E-state index in [-0.39, 0.29) is 22.3 Å². The standard InChI is InChI=1S/C25H32O3S/c1-7-28-29(26,27)21-11-8-19(9-12-21)16-18(2)20-10-13-22-23(17-20)25(5,6)15-14-24(22,3)4/h8-13,16-17H,7,14-15H2,1-6H3/b18-16+. The van der Waals surface area contributed by atoms with Gasteiger partial charge in [0, 0.05) is 0 Å². The Labute approximate surface area is 175 Å². The van der Waals surface area contributed by atoms with Crippen LogP contribution in [-0.2, 0) is 25.1 Å². The second kappa shape index (κ2) is 7.73. The third-order valence-electron chi connectivity index (χ3n) is 6.13. The molecule has 0 bridgehead atoms. The summed E-state index contributed by atoms with van der Waals surface area (Å²) < 4.78 is 28.9. The minimum atomic E-state index is -3.66. The van der Waals surface area contributed by atoms with Crippen LogP contribution in [0.5, 0.6) is 0 Å². The molecule has 0 aliphatic heterocycles. The number of allylic oxidation sites excluding steroid dienone is 1. The lowest BCUT2D eigenvalue weighted by molar-refractivity contribution is 0.332. The molecular formula is C25H32O3S. The maximum atomic E-state index is 12.0. The average molecular weight is 413 g/mol. The zero-order valence-corrected chi connectivity index (χ0v) is 19.2. The number of hydrogen-bond donors (Lipinski definition) is 0. The van der Waals surface area contributed by atoms with Crippen LogP contribution >= 0.6 is 0 Å².